The fraction of sp³-hybridized carbons (Fsp3) is 0.481. The van der Waals surface area contributed by atoms with E-state index in [-0.39, 0.29) is 24.8 Å². The molecule has 2 amide bonds. The molecule has 0 spiro atoms. The summed E-state index contributed by atoms with van der Waals surface area (Å²) in [7, 11) is -2.00. The highest BCUT2D eigenvalue weighted by atomic mass is 32.2. The monoisotopic (exact) mass is 517 g/mol. The van der Waals surface area contributed by atoms with E-state index in [1.165, 1.54) is 4.31 Å². The zero-order valence-electron chi connectivity index (χ0n) is 22.0. The van der Waals surface area contributed by atoms with Crippen molar-refractivity contribution in [3.8, 4) is 5.75 Å². The summed E-state index contributed by atoms with van der Waals surface area (Å²) in [5, 5.41) is 2.91. The van der Waals surface area contributed by atoms with E-state index in [4.69, 9.17) is 4.74 Å². The summed E-state index contributed by atoms with van der Waals surface area (Å²) in [5.74, 6) is 0.233. The topological polar surface area (TPSA) is 96.0 Å². The first kappa shape index (κ1) is 29.2. The summed E-state index contributed by atoms with van der Waals surface area (Å²) in [5.41, 5.74) is 2.55. The maximum Gasteiger partial charge on any atom is 0.242 e. The standard InChI is InChI=1S/C27H39N3O5S/c1-6-7-18-28-27(32)22(3)29(20-23-12-10-21(2)11-13-23)26(31)9-8-19-30(36(5,33)34)24-14-16-25(35-4)17-15-24/h10-17,22H,6-9,18-20H2,1-5H3,(H,28,32)/t22-/m1/s1. The Labute approximate surface area is 215 Å². The summed E-state index contributed by atoms with van der Waals surface area (Å²) in [6.45, 7) is 6.79. The highest BCUT2D eigenvalue weighted by molar-refractivity contribution is 7.92. The Morgan fingerprint density at radius 3 is 2.22 bits per heavy atom. The first-order chi connectivity index (χ1) is 17.1. The molecule has 1 atom stereocenters. The quantitative estimate of drug-likeness (QED) is 0.384. The van der Waals surface area contributed by atoms with Crippen LogP contribution in [0, 0.1) is 6.92 Å². The molecular weight excluding hydrogens is 478 g/mol. The Bertz CT molecular complexity index is 1090. The minimum Gasteiger partial charge on any atom is -0.497 e. The van der Waals surface area contributed by atoms with Crippen LogP contribution in [0.2, 0.25) is 0 Å². The number of nitrogens with one attached hydrogen (secondary N) is 1. The van der Waals surface area contributed by atoms with Crippen LogP contribution in [0.3, 0.4) is 0 Å². The van der Waals surface area contributed by atoms with E-state index >= 15 is 0 Å². The van der Waals surface area contributed by atoms with Crippen LogP contribution in [0.5, 0.6) is 5.75 Å². The molecule has 198 valence electrons. The molecule has 0 aliphatic heterocycles. The van der Waals surface area contributed by atoms with Crippen molar-refractivity contribution in [1.29, 1.82) is 0 Å². The predicted octanol–water partition coefficient (Wildman–Crippen LogP) is 3.88. The van der Waals surface area contributed by atoms with Gasteiger partial charge in [0.25, 0.3) is 0 Å². The van der Waals surface area contributed by atoms with Gasteiger partial charge in [-0.15, -0.1) is 0 Å². The molecule has 0 saturated heterocycles. The molecule has 0 radical (unpaired) electrons. The number of hydrogen-bond acceptors (Lipinski definition) is 5. The Hall–Kier alpha value is -3.07. The van der Waals surface area contributed by atoms with Gasteiger partial charge in [0, 0.05) is 26.1 Å². The third kappa shape index (κ3) is 8.86. The van der Waals surface area contributed by atoms with Crippen LogP contribution in [-0.2, 0) is 26.2 Å². The summed E-state index contributed by atoms with van der Waals surface area (Å²) in [6, 6.07) is 13.9. The number of aryl methyl sites for hydroxylation is 1. The molecule has 2 aromatic carbocycles. The van der Waals surface area contributed by atoms with Gasteiger partial charge >= 0.3 is 0 Å². The predicted molar refractivity (Wildman–Crippen MR) is 144 cm³/mol. The smallest absolute Gasteiger partial charge is 0.242 e. The average molecular weight is 518 g/mol. The molecule has 0 aliphatic rings. The van der Waals surface area contributed by atoms with Gasteiger partial charge < -0.3 is 15.0 Å². The van der Waals surface area contributed by atoms with Crippen LogP contribution in [0.15, 0.2) is 48.5 Å². The van der Waals surface area contributed by atoms with E-state index in [9.17, 15) is 18.0 Å². The second-order valence-electron chi connectivity index (χ2n) is 8.96. The number of benzene rings is 2. The number of anilines is 1. The van der Waals surface area contributed by atoms with Crippen molar-refractivity contribution < 1.29 is 22.7 Å². The van der Waals surface area contributed by atoms with Gasteiger partial charge in [0.2, 0.25) is 21.8 Å². The van der Waals surface area contributed by atoms with Crippen molar-refractivity contribution in [3.63, 3.8) is 0 Å². The highest BCUT2D eigenvalue weighted by Crippen LogP contribution is 2.22. The molecule has 0 fully saturated rings. The summed E-state index contributed by atoms with van der Waals surface area (Å²) < 4.78 is 31.3. The summed E-state index contributed by atoms with van der Waals surface area (Å²) >= 11 is 0. The third-order valence-electron chi connectivity index (χ3n) is 5.98. The molecule has 0 saturated carbocycles. The molecular formula is C27H39N3O5S. The maximum absolute atomic E-state index is 13.3. The van der Waals surface area contributed by atoms with Crippen molar-refractivity contribution in [3.05, 3.63) is 59.7 Å². The number of hydrogen-bond donors (Lipinski definition) is 1. The first-order valence-electron chi connectivity index (χ1n) is 12.3. The normalized spacial score (nSPS) is 12.0. The molecule has 2 rings (SSSR count). The van der Waals surface area contributed by atoms with E-state index < -0.39 is 16.1 Å². The van der Waals surface area contributed by atoms with E-state index in [1.54, 1.807) is 43.2 Å². The molecule has 0 bridgehead atoms. The fourth-order valence-corrected chi connectivity index (χ4v) is 4.73. The third-order valence-corrected chi connectivity index (χ3v) is 7.18. The number of ether oxygens (including phenoxy) is 1. The minimum atomic E-state index is -3.55. The van der Waals surface area contributed by atoms with Gasteiger partial charge in [0.1, 0.15) is 11.8 Å². The van der Waals surface area contributed by atoms with Gasteiger partial charge in [0.05, 0.1) is 19.1 Å². The Balaban J connectivity index is 2.13. The number of sulfonamides is 1. The van der Waals surface area contributed by atoms with E-state index in [2.05, 4.69) is 12.2 Å². The van der Waals surface area contributed by atoms with Crippen molar-refractivity contribution >= 4 is 27.5 Å². The van der Waals surface area contributed by atoms with Gasteiger partial charge in [0.15, 0.2) is 0 Å². The number of rotatable bonds is 14. The van der Waals surface area contributed by atoms with E-state index in [0.717, 1.165) is 30.2 Å². The second-order valence-corrected chi connectivity index (χ2v) is 10.9. The molecule has 36 heavy (non-hydrogen) atoms. The van der Waals surface area contributed by atoms with Gasteiger partial charge in [-0.2, -0.15) is 0 Å². The lowest BCUT2D eigenvalue weighted by atomic mass is 10.1. The van der Waals surface area contributed by atoms with Crippen molar-refractivity contribution in [2.75, 3.05) is 30.8 Å². The van der Waals surface area contributed by atoms with Crippen molar-refractivity contribution in [2.24, 2.45) is 0 Å². The van der Waals surface area contributed by atoms with Gasteiger partial charge in [-0.25, -0.2) is 8.42 Å². The molecule has 8 nitrogen and oxygen atoms in total. The van der Waals surface area contributed by atoms with Crippen LogP contribution in [-0.4, -0.2) is 57.6 Å². The number of amides is 2. The van der Waals surface area contributed by atoms with Crippen LogP contribution < -0.4 is 14.4 Å². The lowest BCUT2D eigenvalue weighted by Gasteiger charge is -2.29. The van der Waals surface area contributed by atoms with Gasteiger partial charge in [-0.1, -0.05) is 43.2 Å². The molecule has 0 unspecified atom stereocenters. The lowest BCUT2D eigenvalue weighted by Crippen LogP contribution is -2.48. The maximum atomic E-state index is 13.3. The Kier molecular flexibility index (Phi) is 11.2. The van der Waals surface area contributed by atoms with Crippen LogP contribution in [0.25, 0.3) is 0 Å². The summed E-state index contributed by atoms with van der Waals surface area (Å²) in [6.07, 6.45) is 3.40. The van der Waals surface area contributed by atoms with Crippen LogP contribution in [0.4, 0.5) is 5.69 Å². The van der Waals surface area contributed by atoms with Crippen molar-refractivity contribution in [1.82, 2.24) is 10.2 Å². The molecule has 0 aliphatic carbocycles. The average Bonchev–Trinajstić information content (AvgIpc) is 2.85. The Morgan fingerprint density at radius 2 is 1.67 bits per heavy atom. The molecule has 2 aromatic rings. The Morgan fingerprint density at radius 1 is 1.03 bits per heavy atom. The molecule has 1 N–H and O–H groups in total. The number of methoxy groups -OCH3 is 1. The minimum absolute atomic E-state index is 0.112. The second kappa shape index (κ2) is 13.9. The number of unbranched alkanes of at least 4 members (excludes halogenated alkanes) is 1. The fourth-order valence-electron chi connectivity index (χ4n) is 3.76. The SMILES string of the molecule is CCCCNC(=O)[C@@H](C)N(Cc1ccc(C)cc1)C(=O)CCCN(c1ccc(OC)cc1)S(C)(=O)=O. The lowest BCUT2D eigenvalue weighted by molar-refractivity contribution is -0.140. The zero-order chi connectivity index (χ0) is 26.7. The zero-order valence-corrected chi connectivity index (χ0v) is 22.8. The molecule has 0 aromatic heterocycles. The number of carbonyl (C=O) groups excluding carboxylic acids is 2. The van der Waals surface area contributed by atoms with E-state index in [0.29, 0.717) is 30.9 Å². The van der Waals surface area contributed by atoms with E-state index in [1.807, 2.05) is 31.2 Å². The number of nitrogens with zero attached hydrogens (tertiary/aromatic N) is 2. The van der Waals surface area contributed by atoms with Crippen molar-refractivity contribution in [2.45, 2.75) is 59.0 Å². The van der Waals surface area contributed by atoms with Gasteiger partial charge in [-0.3, -0.25) is 13.9 Å². The molecule has 9 heteroatoms. The first-order valence-corrected chi connectivity index (χ1v) is 14.2. The number of carbonyl (C=O) groups is 2. The highest BCUT2D eigenvalue weighted by Gasteiger charge is 2.26. The molecule has 0 heterocycles. The summed E-state index contributed by atoms with van der Waals surface area (Å²) in [4.78, 5) is 27.6. The van der Waals surface area contributed by atoms with Crippen LogP contribution in [0.1, 0.15) is 50.7 Å². The van der Waals surface area contributed by atoms with Gasteiger partial charge in [-0.05, 0) is 56.5 Å². The van der Waals surface area contributed by atoms with Crippen LogP contribution >= 0.6 is 0 Å². The largest absolute Gasteiger partial charge is 0.497 e.